The Bertz CT molecular complexity index is 386. The molecule has 0 bridgehead atoms. The molecule has 1 aromatic rings. The molecule has 14 heavy (non-hydrogen) atoms. The van der Waals surface area contributed by atoms with E-state index < -0.39 is 28.7 Å². The summed E-state index contributed by atoms with van der Waals surface area (Å²) in [6.45, 7) is 0. The number of nitro groups is 1. The lowest BCUT2D eigenvalue weighted by molar-refractivity contribution is -0.386. The number of hydrogen-bond acceptors (Lipinski definition) is 3. The predicted molar refractivity (Wildman–Crippen MR) is 48.5 cm³/mol. The molecule has 1 rings (SSSR count). The molecule has 76 valence electrons. The molecule has 0 atom stereocenters. The smallest absolute Gasteiger partial charge is 0.258 e. The molecule has 0 aliphatic heterocycles. The van der Waals surface area contributed by atoms with Crippen molar-refractivity contribution < 1.29 is 18.1 Å². The summed E-state index contributed by atoms with van der Waals surface area (Å²) in [5.74, 6) is -1.28. The van der Waals surface area contributed by atoms with Crippen LogP contribution in [0.5, 0.6) is 0 Å². The van der Waals surface area contributed by atoms with Gasteiger partial charge in [0, 0.05) is 0 Å². The molecule has 0 aliphatic rings. The van der Waals surface area contributed by atoms with E-state index >= 15 is 0 Å². The molecule has 0 aliphatic carbocycles. The number of pyridine rings is 1. The van der Waals surface area contributed by atoms with Gasteiger partial charge in [0.2, 0.25) is 5.95 Å². The normalized spacial score (nSPS) is 10.6. The van der Waals surface area contributed by atoms with Crippen molar-refractivity contribution in [1.82, 2.24) is 4.98 Å². The highest BCUT2D eigenvalue weighted by atomic mass is 127. The Morgan fingerprint density at radius 1 is 1.57 bits per heavy atom. The monoisotopic (exact) mass is 318 g/mol. The number of rotatable bonds is 2. The Morgan fingerprint density at radius 2 is 2.14 bits per heavy atom. The second-order valence-electron chi connectivity index (χ2n) is 2.22. The average Bonchev–Trinajstić information content (AvgIpc) is 2.07. The molecule has 0 saturated carbocycles. The van der Waals surface area contributed by atoms with E-state index in [1.165, 1.54) is 22.6 Å². The summed E-state index contributed by atoms with van der Waals surface area (Å²) in [6, 6.07) is 0.508. The molecule has 1 heterocycles. The van der Waals surface area contributed by atoms with Gasteiger partial charge in [-0.1, -0.05) is 0 Å². The zero-order valence-corrected chi connectivity index (χ0v) is 8.53. The highest BCUT2D eigenvalue weighted by Gasteiger charge is 2.24. The van der Waals surface area contributed by atoms with Crippen molar-refractivity contribution >= 4 is 28.3 Å². The number of aromatic nitrogens is 1. The molecule has 0 saturated heterocycles. The standard InChI is InChI=1S/C6H2F3IN2O2/c7-3-1-2(12(13)14)4(10)5(11-3)6(8)9/h1,6H. The van der Waals surface area contributed by atoms with Gasteiger partial charge in [-0.15, -0.1) is 0 Å². The number of halogens is 4. The van der Waals surface area contributed by atoms with Gasteiger partial charge in [0.15, 0.2) is 0 Å². The van der Waals surface area contributed by atoms with Crippen molar-refractivity contribution in [2.24, 2.45) is 0 Å². The summed E-state index contributed by atoms with van der Waals surface area (Å²) in [7, 11) is 0. The van der Waals surface area contributed by atoms with Crippen molar-refractivity contribution in [3.05, 3.63) is 31.4 Å². The molecule has 0 N–H and O–H groups in total. The summed E-state index contributed by atoms with van der Waals surface area (Å²) >= 11 is 1.34. The minimum Gasteiger partial charge on any atom is -0.258 e. The van der Waals surface area contributed by atoms with Crippen LogP contribution in [0, 0.1) is 19.6 Å². The first-order chi connectivity index (χ1) is 6.43. The molecule has 0 aromatic carbocycles. The Morgan fingerprint density at radius 3 is 2.57 bits per heavy atom. The third-order valence-electron chi connectivity index (χ3n) is 1.34. The first-order valence-corrected chi connectivity index (χ1v) is 4.30. The van der Waals surface area contributed by atoms with Crippen molar-refractivity contribution in [1.29, 1.82) is 0 Å². The van der Waals surface area contributed by atoms with Gasteiger partial charge in [0.05, 0.1) is 11.0 Å². The van der Waals surface area contributed by atoms with Gasteiger partial charge in [-0.05, 0) is 22.6 Å². The quantitative estimate of drug-likeness (QED) is 0.365. The first-order valence-electron chi connectivity index (χ1n) is 3.22. The van der Waals surface area contributed by atoms with Gasteiger partial charge in [0.1, 0.15) is 9.26 Å². The lowest BCUT2D eigenvalue weighted by Gasteiger charge is -2.02. The molecule has 4 nitrogen and oxygen atoms in total. The van der Waals surface area contributed by atoms with E-state index in [2.05, 4.69) is 4.98 Å². The Labute approximate surface area is 89.4 Å². The van der Waals surface area contributed by atoms with Gasteiger partial charge in [0.25, 0.3) is 12.1 Å². The molecule has 0 unspecified atom stereocenters. The number of hydrogen-bond donors (Lipinski definition) is 0. The second-order valence-corrected chi connectivity index (χ2v) is 3.30. The fourth-order valence-corrected chi connectivity index (χ4v) is 1.49. The van der Waals surface area contributed by atoms with Crippen LogP contribution in [-0.4, -0.2) is 9.91 Å². The van der Waals surface area contributed by atoms with E-state index in [0.29, 0.717) is 6.07 Å². The van der Waals surface area contributed by atoms with E-state index in [4.69, 9.17) is 0 Å². The van der Waals surface area contributed by atoms with E-state index in [0.717, 1.165) is 0 Å². The summed E-state index contributed by atoms with van der Waals surface area (Å²) in [4.78, 5) is 12.3. The maximum Gasteiger partial charge on any atom is 0.289 e. The summed E-state index contributed by atoms with van der Waals surface area (Å²) in [6.07, 6.45) is -3.03. The molecule has 1 aromatic heterocycles. The van der Waals surface area contributed by atoms with Crippen LogP contribution >= 0.6 is 22.6 Å². The van der Waals surface area contributed by atoms with Crippen LogP contribution in [0.4, 0.5) is 18.9 Å². The SMILES string of the molecule is O=[N+]([O-])c1cc(F)nc(C(F)F)c1I. The van der Waals surface area contributed by atoms with Gasteiger partial charge >= 0.3 is 0 Å². The molecular weight excluding hydrogens is 316 g/mol. The van der Waals surface area contributed by atoms with Gasteiger partial charge in [-0.3, -0.25) is 10.1 Å². The average molecular weight is 318 g/mol. The van der Waals surface area contributed by atoms with Crippen molar-refractivity contribution in [2.75, 3.05) is 0 Å². The van der Waals surface area contributed by atoms with E-state index in [-0.39, 0.29) is 3.57 Å². The van der Waals surface area contributed by atoms with Crippen LogP contribution in [0.2, 0.25) is 0 Å². The molecule has 8 heteroatoms. The summed E-state index contributed by atoms with van der Waals surface area (Å²) < 4.78 is 36.6. The fraction of sp³-hybridized carbons (Fsp3) is 0.167. The highest BCUT2D eigenvalue weighted by Crippen LogP contribution is 2.29. The molecule has 0 fully saturated rings. The van der Waals surface area contributed by atoms with E-state index in [1.54, 1.807) is 0 Å². The largest absolute Gasteiger partial charge is 0.289 e. The molecule has 0 radical (unpaired) electrons. The maximum absolute atomic E-state index is 12.6. The van der Waals surface area contributed by atoms with Crippen molar-refractivity contribution in [3.63, 3.8) is 0 Å². The molecule has 0 spiro atoms. The minimum absolute atomic E-state index is 0.344. The number of alkyl halides is 2. The Hall–Kier alpha value is -0.930. The van der Waals surface area contributed by atoms with Gasteiger partial charge in [-0.25, -0.2) is 13.8 Å². The lowest BCUT2D eigenvalue weighted by Crippen LogP contribution is -2.02. The van der Waals surface area contributed by atoms with Crippen LogP contribution in [0.1, 0.15) is 12.1 Å². The minimum atomic E-state index is -3.03. The van der Waals surface area contributed by atoms with E-state index in [1.807, 2.05) is 0 Å². The predicted octanol–water partition coefficient (Wildman–Crippen LogP) is 2.67. The zero-order chi connectivity index (χ0) is 10.9. The van der Waals surface area contributed by atoms with Crippen LogP contribution in [-0.2, 0) is 0 Å². The summed E-state index contributed by atoms with van der Waals surface area (Å²) in [5.41, 5.74) is -1.61. The van der Waals surface area contributed by atoms with Gasteiger partial charge < -0.3 is 0 Å². The third kappa shape index (κ3) is 2.11. The maximum atomic E-state index is 12.6. The number of nitrogens with zero attached hydrogens (tertiary/aromatic N) is 2. The Balaban J connectivity index is 3.40. The van der Waals surface area contributed by atoms with Crippen molar-refractivity contribution in [3.8, 4) is 0 Å². The third-order valence-corrected chi connectivity index (χ3v) is 2.44. The molecule has 0 amide bonds. The first kappa shape index (κ1) is 11.1. The van der Waals surface area contributed by atoms with Crippen LogP contribution in [0.3, 0.4) is 0 Å². The van der Waals surface area contributed by atoms with Crippen LogP contribution in [0.15, 0.2) is 6.07 Å². The van der Waals surface area contributed by atoms with Crippen LogP contribution < -0.4 is 0 Å². The topological polar surface area (TPSA) is 56.0 Å². The van der Waals surface area contributed by atoms with Crippen LogP contribution in [0.25, 0.3) is 0 Å². The lowest BCUT2D eigenvalue weighted by atomic mass is 10.3. The molecular formula is C6H2F3IN2O2. The summed E-state index contributed by atoms with van der Waals surface area (Å²) in [5, 5.41) is 10.3. The van der Waals surface area contributed by atoms with Gasteiger partial charge in [-0.2, -0.15) is 4.39 Å². The Kier molecular flexibility index (Phi) is 3.24. The fourth-order valence-electron chi connectivity index (χ4n) is 0.781. The second kappa shape index (κ2) is 4.07. The van der Waals surface area contributed by atoms with Crippen molar-refractivity contribution in [2.45, 2.75) is 6.43 Å². The van der Waals surface area contributed by atoms with E-state index in [9.17, 15) is 23.3 Å². The highest BCUT2D eigenvalue weighted by molar-refractivity contribution is 14.1. The zero-order valence-electron chi connectivity index (χ0n) is 6.38.